The molecule has 2 aromatic rings. The lowest BCUT2D eigenvalue weighted by Gasteiger charge is -2.22. The van der Waals surface area contributed by atoms with Gasteiger partial charge >= 0.3 is 6.09 Å². The van der Waals surface area contributed by atoms with Gasteiger partial charge in [-0.3, -0.25) is 0 Å². The summed E-state index contributed by atoms with van der Waals surface area (Å²) in [5.41, 5.74) is -2.30. The second-order valence-electron chi connectivity index (χ2n) is 7.99. The summed E-state index contributed by atoms with van der Waals surface area (Å²) in [6, 6.07) is 13.0. The highest BCUT2D eigenvalue weighted by atomic mass is 32.2. The van der Waals surface area contributed by atoms with E-state index in [4.69, 9.17) is 4.74 Å². The van der Waals surface area contributed by atoms with Crippen molar-refractivity contribution in [3.8, 4) is 0 Å². The highest BCUT2D eigenvalue weighted by Gasteiger charge is 2.73. The smallest absolute Gasteiger partial charge is 0.408 e. The first-order valence-corrected chi connectivity index (χ1v) is 10.6. The molecule has 154 valence electrons. The fraction of sp³-hybridized carbons (Fsp3) is 0.333. The molecule has 1 N–H and O–H groups in total. The van der Waals surface area contributed by atoms with Crippen molar-refractivity contribution in [1.82, 2.24) is 5.32 Å². The van der Waals surface area contributed by atoms with Gasteiger partial charge in [0.15, 0.2) is 9.84 Å². The average Bonchev–Trinajstić information content (AvgIpc) is 3.30. The second kappa shape index (κ2) is 7.26. The van der Waals surface area contributed by atoms with Gasteiger partial charge in [0.1, 0.15) is 28.5 Å². The summed E-state index contributed by atoms with van der Waals surface area (Å²) in [5, 5.41) is 1.15. The van der Waals surface area contributed by atoms with Crippen molar-refractivity contribution in [2.45, 2.75) is 48.0 Å². The van der Waals surface area contributed by atoms with E-state index in [0.717, 1.165) is 0 Å². The molecule has 0 aromatic heterocycles. The third-order valence-corrected chi connectivity index (χ3v) is 6.97. The maximum Gasteiger partial charge on any atom is 0.408 e. The molecule has 1 aliphatic carbocycles. The lowest BCUT2D eigenvalue weighted by Crippen LogP contribution is -2.45. The minimum Gasteiger partial charge on any atom is -0.444 e. The van der Waals surface area contributed by atoms with Crippen LogP contribution in [0.3, 0.4) is 0 Å². The zero-order valence-corrected chi connectivity index (χ0v) is 17.1. The van der Waals surface area contributed by atoms with Crippen LogP contribution in [0.15, 0.2) is 59.5 Å². The Morgan fingerprint density at radius 2 is 1.79 bits per heavy atom. The molecule has 1 aliphatic rings. The Kier molecular flexibility index (Phi) is 5.25. The van der Waals surface area contributed by atoms with Crippen LogP contribution in [0.5, 0.6) is 0 Å². The van der Waals surface area contributed by atoms with Crippen LogP contribution in [0.1, 0.15) is 32.3 Å². The highest BCUT2D eigenvalue weighted by Crippen LogP contribution is 2.56. The maximum absolute atomic E-state index is 13.8. The molecule has 0 saturated heterocycles. The van der Waals surface area contributed by atoms with Crippen LogP contribution in [-0.2, 0) is 19.4 Å². The van der Waals surface area contributed by atoms with E-state index in [1.54, 1.807) is 39.0 Å². The molecule has 3 atom stereocenters. The number of aldehydes is 1. The van der Waals surface area contributed by atoms with Gasteiger partial charge < -0.3 is 14.8 Å². The number of halogens is 1. The van der Waals surface area contributed by atoms with Gasteiger partial charge in [-0.1, -0.05) is 30.3 Å². The minimum absolute atomic E-state index is 0.0149. The Morgan fingerprint density at radius 3 is 2.34 bits per heavy atom. The topological polar surface area (TPSA) is 89.5 Å². The van der Waals surface area contributed by atoms with E-state index in [-0.39, 0.29) is 4.90 Å². The van der Waals surface area contributed by atoms with Crippen LogP contribution in [-0.4, -0.2) is 37.2 Å². The number of carbonyl (C=O) groups excluding carboxylic acids is 2. The molecule has 3 rings (SSSR count). The van der Waals surface area contributed by atoms with Crippen LogP contribution in [0.25, 0.3) is 0 Å². The molecule has 2 aromatic carbocycles. The number of carbonyl (C=O) groups is 2. The molecular formula is C21H22FNO5S. The van der Waals surface area contributed by atoms with E-state index in [0.29, 0.717) is 11.8 Å². The van der Waals surface area contributed by atoms with Gasteiger partial charge in [0.05, 0.1) is 4.90 Å². The molecule has 0 spiro atoms. The van der Waals surface area contributed by atoms with Crippen molar-refractivity contribution in [2.24, 2.45) is 0 Å². The first-order valence-electron chi connectivity index (χ1n) is 9.03. The van der Waals surface area contributed by atoms with E-state index in [9.17, 15) is 22.4 Å². The monoisotopic (exact) mass is 419 g/mol. The third kappa shape index (κ3) is 4.03. The second-order valence-corrected chi connectivity index (χ2v) is 10.1. The number of nitrogens with one attached hydrogen (secondary N) is 1. The van der Waals surface area contributed by atoms with Crippen molar-refractivity contribution >= 4 is 22.2 Å². The molecule has 0 radical (unpaired) electrons. The largest absolute Gasteiger partial charge is 0.444 e. The summed E-state index contributed by atoms with van der Waals surface area (Å²) in [4.78, 5) is 24.5. The van der Waals surface area contributed by atoms with Crippen molar-refractivity contribution in [2.75, 3.05) is 0 Å². The van der Waals surface area contributed by atoms with Crippen LogP contribution < -0.4 is 5.32 Å². The Morgan fingerprint density at radius 1 is 1.14 bits per heavy atom. The van der Waals surface area contributed by atoms with E-state index >= 15 is 0 Å². The van der Waals surface area contributed by atoms with Crippen LogP contribution in [0.4, 0.5) is 9.18 Å². The van der Waals surface area contributed by atoms with Crippen molar-refractivity contribution in [3.63, 3.8) is 0 Å². The predicted molar refractivity (Wildman–Crippen MR) is 105 cm³/mol. The first-order chi connectivity index (χ1) is 13.5. The molecule has 1 amide bonds. The van der Waals surface area contributed by atoms with E-state index in [1.165, 1.54) is 36.4 Å². The summed E-state index contributed by atoms with van der Waals surface area (Å²) in [5.74, 6) is -1.52. The summed E-state index contributed by atoms with van der Waals surface area (Å²) in [7, 11) is -4.01. The molecule has 6 nitrogen and oxygen atoms in total. The minimum atomic E-state index is -4.01. The molecule has 1 saturated carbocycles. The number of amides is 1. The van der Waals surface area contributed by atoms with E-state index in [1.807, 2.05) is 0 Å². The number of hydrogen-bond donors (Lipinski definition) is 1. The zero-order valence-electron chi connectivity index (χ0n) is 16.3. The Labute approximate surface area is 169 Å². The number of ether oxygens (including phenoxy) is 1. The van der Waals surface area contributed by atoms with Gasteiger partial charge in [-0.25, -0.2) is 17.6 Å². The normalized spacial score (nSPS) is 23.9. The molecule has 0 aliphatic heterocycles. The molecule has 0 heterocycles. The van der Waals surface area contributed by atoms with Crippen LogP contribution in [0, 0.1) is 5.82 Å². The van der Waals surface area contributed by atoms with Crippen molar-refractivity contribution < 1.29 is 27.1 Å². The average molecular weight is 419 g/mol. The molecule has 8 heteroatoms. The van der Waals surface area contributed by atoms with Gasteiger partial charge in [-0.15, -0.1) is 0 Å². The highest BCUT2D eigenvalue weighted by molar-refractivity contribution is 7.92. The van der Waals surface area contributed by atoms with E-state index < -0.39 is 44.1 Å². The molecule has 29 heavy (non-hydrogen) atoms. The number of rotatable bonds is 5. The number of sulfone groups is 1. The third-order valence-electron chi connectivity index (χ3n) is 4.71. The zero-order chi connectivity index (χ0) is 21.4. The fourth-order valence-corrected chi connectivity index (χ4v) is 5.78. The quantitative estimate of drug-likeness (QED) is 0.752. The van der Waals surface area contributed by atoms with Crippen molar-refractivity contribution in [3.05, 3.63) is 66.0 Å². The standard InChI is InChI=1S/C21H22FNO5S/c1-20(2,3)28-19(25)23-21(13-24)17(14-8-7-9-15(22)12-14)18(21)29(26,27)16-10-5-4-6-11-16/h4-13,17-18H,1-3H3,(H,23,25)/t17-,18-,21-/m1/s1. The maximum atomic E-state index is 13.8. The summed E-state index contributed by atoms with van der Waals surface area (Å²) in [6.07, 6.45) is -0.519. The molecule has 0 unspecified atom stereocenters. The summed E-state index contributed by atoms with van der Waals surface area (Å²) >= 11 is 0. The first kappa shape index (κ1) is 21.0. The lowest BCUT2D eigenvalue weighted by molar-refractivity contribution is -0.110. The van der Waals surface area contributed by atoms with Gasteiger partial charge in [-0.2, -0.15) is 0 Å². The summed E-state index contributed by atoms with van der Waals surface area (Å²) < 4.78 is 45.5. The summed E-state index contributed by atoms with van der Waals surface area (Å²) in [6.45, 7) is 4.94. The number of benzene rings is 2. The van der Waals surface area contributed by atoms with Gasteiger partial charge in [-0.05, 0) is 50.6 Å². The molecule has 1 fully saturated rings. The number of hydrogen-bond acceptors (Lipinski definition) is 5. The number of alkyl carbamates (subject to hydrolysis) is 1. The van der Waals surface area contributed by atoms with Crippen molar-refractivity contribution in [1.29, 1.82) is 0 Å². The van der Waals surface area contributed by atoms with Crippen LogP contribution in [0.2, 0.25) is 0 Å². The van der Waals surface area contributed by atoms with Crippen LogP contribution >= 0.6 is 0 Å². The molecular weight excluding hydrogens is 397 g/mol. The van der Waals surface area contributed by atoms with E-state index in [2.05, 4.69) is 5.32 Å². The fourth-order valence-electron chi connectivity index (χ4n) is 3.52. The SMILES string of the molecule is CC(C)(C)OC(=O)N[C@]1(C=O)[C@H](c2cccc(F)c2)[C@H]1S(=O)(=O)c1ccccc1. The van der Waals surface area contributed by atoms with Gasteiger partial charge in [0.2, 0.25) is 0 Å². The lowest BCUT2D eigenvalue weighted by atomic mass is 10.1. The Bertz CT molecular complexity index is 1030. The predicted octanol–water partition coefficient (Wildman–Crippen LogP) is 3.23. The Hall–Kier alpha value is -2.74. The van der Waals surface area contributed by atoms with Gasteiger partial charge in [0, 0.05) is 5.92 Å². The van der Waals surface area contributed by atoms with Gasteiger partial charge in [0.25, 0.3) is 0 Å². The Balaban J connectivity index is 2.05. The molecule has 0 bridgehead atoms.